The fourth-order valence-electron chi connectivity index (χ4n) is 6.09. The molecule has 6 rings (SSSR count). The Hall–Kier alpha value is -4.69. The van der Waals surface area contributed by atoms with Crippen LogP contribution in [0.25, 0.3) is 11.0 Å². The summed E-state index contributed by atoms with van der Waals surface area (Å²) in [5, 5.41) is 6.53. The van der Waals surface area contributed by atoms with E-state index in [4.69, 9.17) is 4.74 Å². The SMILES string of the molecule is CC[C@H]1CN(C(=O)Nc2ccc(CN3CCNCC3)c(C(F)(F)F)c2)Cc2cc(Oc3ccnc4[nH]c(C(=O)N(C)C)cc34)cnc21. The Balaban J connectivity index is 1.20. The van der Waals surface area contributed by atoms with Gasteiger partial charge in [-0.1, -0.05) is 13.0 Å². The maximum absolute atomic E-state index is 14.1. The molecule has 0 aliphatic carbocycles. The van der Waals surface area contributed by atoms with E-state index < -0.39 is 17.8 Å². The van der Waals surface area contributed by atoms with E-state index in [1.165, 1.54) is 17.0 Å². The van der Waals surface area contributed by atoms with Crippen molar-refractivity contribution in [3.05, 3.63) is 76.9 Å². The zero-order valence-corrected chi connectivity index (χ0v) is 26.4. The van der Waals surface area contributed by atoms with Gasteiger partial charge in [-0.25, -0.2) is 9.78 Å². The Bertz CT molecular complexity index is 1780. The Morgan fingerprint density at radius 1 is 1.11 bits per heavy atom. The van der Waals surface area contributed by atoms with Gasteiger partial charge in [-0.05, 0) is 47.9 Å². The second-order valence-corrected chi connectivity index (χ2v) is 12.1. The maximum atomic E-state index is 14.1. The van der Waals surface area contributed by atoms with Crippen LogP contribution in [-0.2, 0) is 19.3 Å². The third-order valence-corrected chi connectivity index (χ3v) is 8.57. The number of fused-ring (bicyclic) bond motifs is 2. The summed E-state index contributed by atoms with van der Waals surface area (Å²) < 4.78 is 48.5. The minimum Gasteiger partial charge on any atom is -0.455 e. The lowest BCUT2D eigenvalue weighted by molar-refractivity contribution is -0.138. The van der Waals surface area contributed by atoms with Crippen LogP contribution in [-0.4, -0.2) is 88.4 Å². The average Bonchev–Trinajstić information content (AvgIpc) is 3.50. The first-order valence-electron chi connectivity index (χ1n) is 15.5. The van der Waals surface area contributed by atoms with E-state index in [-0.39, 0.29) is 36.2 Å². The van der Waals surface area contributed by atoms with Gasteiger partial charge in [0.05, 0.1) is 22.8 Å². The molecule has 3 aromatic heterocycles. The van der Waals surface area contributed by atoms with Crippen LogP contribution in [0.5, 0.6) is 11.5 Å². The molecule has 2 aliphatic rings. The van der Waals surface area contributed by atoms with E-state index in [0.29, 0.717) is 54.3 Å². The number of halogens is 3. The zero-order valence-electron chi connectivity index (χ0n) is 26.4. The minimum atomic E-state index is -4.56. The van der Waals surface area contributed by atoms with Crippen LogP contribution >= 0.6 is 0 Å². The number of alkyl halides is 3. The van der Waals surface area contributed by atoms with Crippen molar-refractivity contribution in [2.75, 3.05) is 52.1 Å². The Morgan fingerprint density at radius 3 is 2.62 bits per heavy atom. The molecular formula is C33H37F3N8O3. The third-order valence-electron chi connectivity index (χ3n) is 8.57. The van der Waals surface area contributed by atoms with Crippen LogP contribution in [0.2, 0.25) is 0 Å². The summed E-state index contributed by atoms with van der Waals surface area (Å²) in [4.78, 5) is 43.0. The number of aromatic amines is 1. The van der Waals surface area contributed by atoms with Crippen molar-refractivity contribution in [1.29, 1.82) is 0 Å². The molecule has 4 aromatic rings. The topological polar surface area (TPSA) is 119 Å². The molecule has 3 N–H and O–H groups in total. The van der Waals surface area contributed by atoms with Gasteiger partial charge in [0.25, 0.3) is 5.91 Å². The number of nitrogens with one attached hydrogen (secondary N) is 3. The van der Waals surface area contributed by atoms with Gasteiger partial charge in [-0.2, -0.15) is 13.2 Å². The van der Waals surface area contributed by atoms with Crippen LogP contribution < -0.4 is 15.4 Å². The van der Waals surface area contributed by atoms with Gasteiger partial charge in [0.15, 0.2) is 0 Å². The fraction of sp³-hybridized carbons (Fsp3) is 0.394. The highest BCUT2D eigenvalue weighted by Crippen LogP contribution is 2.36. The van der Waals surface area contributed by atoms with Crippen molar-refractivity contribution in [1.82, 2.24) is 35.0 Å². The first kappa shape index (κ1) is 32.3. The fourth-order valence-corrected chi connectivity index (χ4v) is 6.09. The van der Waals surface area contributed by atoms with E-state index in [0.717, 1.165) is 30.4 Å². The van der Waals surface area contributed by atoms with Crippen molar-refractivity contribution in [2.24, 2.45) is 0 Å². The summed E-state index contributed by atoms with van der Waals surface area (Å²) in [5.74, 6) is 0.644. The summed E-state index contributed by atoms with van der Waals surface area (Å²) in [5.41, 5.74) is 2.02. The number of nitrogens with zero attached hydrogens (tertiary/aromatic N) is 5. The number of benzene rings is 1. The summed E-state index contributed by atoms with van der Waals surface area (Å²) in [6.07, 6.45) is -0.651. The zero-order chi connectivity index (χ0) is 33.3. The van der Waals surface area contributed by atoms with E-state index in [2.05, 4.69) is 25.6 Å². The number of piperazine rings is 1. The van der Waals surface area contributed by atoms with Crippen molar-refractivity contribution in [3.8, 4) is 11.5 Å². The van der Waals surface area contributed by atoms with Gasteiger partial charge in [0.1, 0.15) is 22.8 Å². The number of amides is 3. The number of aromatic nitrogens is 3. The van der Waals surface area contributed by atoms with Gasteiger partial charge < -0.3 is 30.2 Å². The molecule has 1 aromatic carbocycles. The quantitative estimate of drug-likeness (QED) is 0.245. The van der Waals surface area contributed by atoms with E-state index in [9.17, 15) is 22.8 Å². The number of pyridine rings is 2. The van der Waals surface area contributed by atoms with Gasteiger partial charge >= 0.3 is 12.2 Å². The number of carbonyl (C=O) groups excluding carboxylic acids is 2. The third kappa shape index (κ3) is 7.03. The molecule has 1 atom stereocenters. The van der Waals surface area contributed by atoms with Crippen molar-refractivity contribution >= 4 is 28.7 Å². The molecule has 0 bridgehead atoms. The van der Waals surface area contributed by atoms with Crippen LogP contribution in [0.3, 0.4) is 0 Å². The summed E-state index contributed by atoms with van der Waals surface area (Å²) in [7, 11) is 3.32. The maximum Gasteiger partial charge on any atom is 0.416 e. The highest BCUT2D eigenvalue weighted by molar-refractivity contribution is 5.98. The number of urea groups is 1. The predicted molar refractivity (Wildman–Crippen MR) is 170 cm³/mol. The molecule has 1 fully saturated rings. The monoisotopic (exact) mass is 650 g/mol. The van der Waals surface area contributed by atoms with E-state index in [1.807, 2.05) is 17.9 Å². The molecule has 3 amide bonds. The lowest BCUT2D eigenvalue weighted by Gasteiger charge is -2.34. The average molecular weight is 651 g/mol. The molecule has 0 saturated carbocycles. The largest absolute Gasteiger partial charge is 0.455 e. The molecule has 5 heterocycles. The number of hydrogen-bond acceptors (Lipinski definition) is 7. The lowest BCUT2D eigenvalue weighted by atomic mass is 9.92. The molecule has 1 saturated heterocycles. The van der Waals surface area contributed by atoms with E-state index in [1.54, 1.807) is 43.5 Å². The second kappa shape index (κ2) is 13.2. The number of anilines is 1. The van der Waals surface area contributed by atoms with Crippen LogP contribution in [0.4, 0.5) is 23.7 Å². The molecule has 0 radical (unpaired) electrons. The second-order valence-electron chi connectivity index (χ2n) is 12.1. The molecule has 248 valence electrons. The van der Waals surface area contributed by atoms with Crippen LogP contribution in [0, 0.1) is 0 Å². The number of hydrogen-bond donors (Lipinski definition) is 3. The molecule has 14 heteroatoms. The van der Waals surface area contributed by atoms with Gasteiger partial charge in [-0.15, -0.1) is 0 Å². The smallest absolute Gasteiger partial charge is 0.416 e. The number of rotatable bonds is 7. The van der Waals surface area contributed by atoms with Crippen molar-refractivity contribution < 1.29 is 27.5 Å². The Morgan fingerprint density at radius 2 is 1.89 bits per heavy atom. The van der Waals surface area contributed by atoms with Gasteiger partial charge in [0, 0.05) is 77.7 Å². The normalized spacial score (nSPS) is 17.0. The number of ether oxygens (including phenoxy) is 1. The first-order valence-corrected chi connectivity index (χ1v) is 15.5. The molecule has 47 heavy (non-hydrogen) atoms. The summed E-state index contributed by atoms with van der Waals surface area (Å²) in [6, 6.07) is 8.71. The van der Waals surface area contributed by atoms with Gasteiger partial charge in [-0.3, -0.25) is 14.7 Å². The number of carbonyl (C=O) groups is 2. The first-order chi connectivity index (χ1) is 22.5. The molecule has 0 unspecified atom stereocenters. The van der Waals surface area contributed by atoms with Crippen LogP contribution in [0.1, 0.15) is 52.1 Å². The standard InChI is InChI=1S/C33H37F3N8O3/c1-4-20-18-44(32(46)40-23-6-5-21(26(14-23)33(34,35)36)17-43-11-9-37-10-12-43)19-22-13-24(16-39-29(20)22)47-28-7-8-38-30-25(28)15-27(41-30)31(45)42(2)3/h5-8,13-16,20,37H,4,9-12,17-19H2,1-3H3,(H,38,41)(H,40,46)/t20-/m0/s1. The number of H-pyrrole nitrogens is 1. The molecule has 0 spiro atoms. The van der Waals surface area contributed by atoms with Crippen molar-refractivity contribution in [2.45, 2.75) is 38.5 Å². The summed E-state index contributed by atoms with van der Waals surface area (Å²) >= 11 is 0. The van der Waals surface area contributed by atoms with Crippen LogP contribution in [0.15, 0.2) is 48.8 Å². The Kier molecular flexibility index (Phi) is 9.06. The summed E-state index contributed by atoms with van der Waals surface area (Å²) in [6.45, 7) is 5.57. The van der Waals surface area contributed by atoms with Crippen molar-refractivity contribution in [3.63, 3.8) is 0 Å². The highest BCUT2D eigenvalue weighted by atomic mass is 19.4. The Labute approximate surface area is 270 Å². The van der Waals surface area contributed by atoms with E-state index >= 15 is 0 Å². The minimum absolute atomic E-state index is 0.0670. The molecular weight excluding hydrogens is 613 g/mol. The van der Waals surface area contributed by atoms with Gasteiger partial charge in [0.2, 0.25) is 0 Å². The lowest BCUT2D eigenvalue weighted by Crippen LogP contribution is -2.43. The predicted octanol–water partition coefficient (Wildman–Crippen LogP) is 5.42. The highest BCUT2D eigenvalue weighted by Gasteiger charge is 2.35. The molecule has 2 aliphatic heterocycles. The molecule has 11 nitrogen and oxygen atoms in total.